The summed E-state index contributed by atoms with van der Waals surface area (Å²) in [6, 6.07) is 6.90. The molecule has 1 saturated heterocycles. The first-order valence-corrected chi connectivity index (χ1v) is 7.37. The lowest BCUT2D eigenvalue weighted by Gasteiger charge is -2.35. The lowest BCUT2D eigenvalue weighted by Crippen LogP contribution is -2.43. The standard InChI is InChI=1S/C14H20FNOS/c1-14(17)6-8-16(9-7-14)10-11-18-13-5-3-2-4-12(13)15/h2-5,17H,6-11H2,1H3. The van der Waals surface area contributed by atoms with Crippen molar-refractivity contribution in [3.8, 4) is 0 Å². The number of hydrogen-bond donors (Lipinski definition) is 1. The van der Waals surface area contributed by atoms with E-state index in [-0.39, 0.29) is 5.82 Å². The van der Waals surface area contributed by atoms with Crippen molar-refractivity contribution in [2.75, 3.05) is 25.4 Å². The van der Waals surface area contributed by atoms with Crippen molar-refractivity contribution >= 4 is 11.8 Å². The average molecular weight is 269 g/mol. The molecule has 0 unspecified atom stereocenters. The van der Waals surface area contributed by atoms with Crippen molar-refractivity contribution in [3.05, 3.63) is 30.1 Å². The van der Waals surface area contributed by atoms with Gasteiger partial charge < -0.3 is 10.0 Å². The van der Waals surface area contributed by atoms with E-state index < -0.39 is 5.60 Å². The summed E-state index contributed by atoms with van der Waals surface area (Å²) in [5.74, 6) is 0.757. The minimum Gasteiger partial charge on any atom is -0.390 e. The molecule has 0 bridgehead atoms. The van der Waals surface area contributed by atoms with Gasteiger partial charge in [0.1, 0.15) is 5.82 Å². The Bertz CT molecular complexity index is 387. The van der Waals surface area contributed by atoms with Gasteiger partial charge in [-0.1, -0.05) is 12.1 Å². The molecule has 1 aliphatic rings. The maximum atomic E-state index is 13.4. The summed E-state index contributed by atoms with van der Waals surface area (Å²) in [6.45, 7) is 4.73. The molecule has 1 aromatic carbocycles. The largest absolute Gasteiger partial charge is 0.390 e. The van der Waals surface area contributed by atoms with Crippen molar-refractivity contribution in [2.45, 2.75) is 30.3 Å². The SMILES string of the molecule is CC1(O)CCN(CCSc2ccccc2F)CC1. The van der Waals surface area contributed by atoms with Gasteiger partial charge in [-0.3, -0.25) is 0 Å². The van der Waals surface area contributed by atoms with Crippen LogP contribution in [-0.2, 0) is 0 Å². The number of rotatable bonds is 4. The van der Waals surface area contributed by atoms with Gasteiger partial charge in [-0.05, 0) is 31.9 Å². The number of nitrogens with zero attached hydrogens (tertiary/aromatic N) is 1. The molecule has 1 aromatic rings. The van der Waals surface area contributed by atoms with E-state index in [9.17, 15) is 9.50 Å². The summed E-state index contributed by atoms with van der Waals surface area (Å²) in [7, 11) is 0. The van der Waals surface area contributed by atoms with Gasteiger partial charge in [-0.2, -0.15) is 0 Å². The molecule has 2 nitrogen and oxygen atoms in total. The van der Waals surface area contributed by atoms with Gasteiger partial charge >= 0.3 is 0 Å². The molecule has 0 spiro atoms. The van der Waals surface area contributed by atoms with E-state index in [1.807, 2.05) is 19.1 Å². The number of benzene rings is 1. The van der Waals surface area contributed by atoms with E-state index in [0.29, 0.717) is 0 Å². The molecule has 1 fully saturated rings. The first-order valence-electron chi connectivity index (χ1n) is 6.39. The minimum absolute atomic E-state index is 0.135. The van der Waals surface area contributed by atoms with Gasteiger partial charge in [0.15, 0.2) is 0 Å². The van der Waals surface area contributed by atoms with Crippen LogP contribution in [-0.4, -0.2) is 41.0 Å². The highest BCUT2D eigenvalue weighted by atomic mass is 32.2. The van der Waals surface area contributed by atoms with Crippen LogP contribution < -0.4 is 0 Å². The summed E-state index contributed by atoms with van der Waals surface area (Å²) in [4.78, 5) is 3.06. The highest BCUT2D eigenvalue weighted by Crippen LogP contribution is 2.24. The van der Waals surface area contributed by atoms with Crippen LogP contribution in [0.4, 0.5) is 4.39 Å². The fraction of sp³-hybridized carbons (Fsp3) is 0.571. The molecule has 18 heavy (non-hydrogen) atoms. The zero-order chi connectivity index (χ0) is 13.0. The second-order valence-electron chi connectivity index (χ2n) is 5.12. The van der Waals surface area contributed by atoms with Crippen molar-refractivity contribution in [2.24, 2.45) is 0 Å². The number of likely N-dealkylation sites (tertiary alicyclic amines) is 1. The van der Waals surface area contributed by atoms with E-state index in [0.717, 1.165) is 43.1 Å². The Labute approximate surface area is 112 Å². The summed E-state index contributed by atoms with van der Waals surface area (Å²) in [5, 5.41) is 9.85. The second kappa shape index (κ2) is 6.04. The maximum Gasteiger partial charge on any atom is 0.136 e. The molecule has 100 valence electrons. The Morgan fingerprint density at radius 1 is 1.33 bits per heavy atom. The van der Waals surface area contributed by atoms with Crippen molar-refractivity contribution in [1.82, 2.24) is 4.90 Å². The van der Waals surface area contributed by atoms with E-state index >= 15 is 0 Å². The third-order valence-electron chi connectivity index (χ3n) is 3.43. The van der Waals surface area contributed by atoms with E-state index in [1.165, 1.54) is 6.07 Å². The molecule has 0 amide bonds. The van der Waals surface area contributed by atoms with Crippen molar-refractivity contribution in [1.29, 1.82) is 0 Å². The van der Waals surface area contributed by atoms with Gasteiger partial charge in [-0.25, -0.2) is 4.39 Å². The molecular weight excluding hydrogens is 249 g/mol. The predicted molar refractivity (Wildman–Crippen MR) is 73.4 cm³/mol. The smallest absolute Gasteiger partial charge is 0.136 e. The number of halogens is 1. The highest BCUT2D eigenvalue weighted by molar-refractivity contribution is 7.99. The Kier molecular flexibility index (Phi) is 4.65. The molecule has 0 saturated carbocycles. The fourth-order valence-electron chi connectivity index (χ4n) is 2.10. The Morgan fingerprint density at radius 3 is 2.67 bits per heavy atom. The van der Waals surface area contributed by atoms with E-state index in [4.69, 9.17) is 0 Å². The first-order chi connectivity index (χ1) is 8.57. The summed E-state index contributed by atoms with van der Waals surface area (Å²) < 4.78 is 13.4. The molecule has 2 rings (SSSR count). The van der Waals surface area contributed by atoms with Crippen LogP contribution in [0, 0.1) is 5.82 Å². The van der Waals surface area contributed by atoms with Crippen LogP contribution in [0.1, 0.15) is 19.8 Å². The van der Waals surface area contributed by atoms with Gasteiger partial charge in [-0.15, -0.1) is 11.8 Å². The van der Waals surface area contributed by atoms with Gasteiger partial charge in [0.2, 0.25) is 0 Å². The number of hydrogen-bond acceptors (Lipinski definition) is 3. The third kappa shape index (κ3) is 3.97. The first kappa shape index (κ1) is 13.8. The number of aliphatic hydroxyl groups is 1. The zero-order valence-electron chi connectivity index (χ0n) is 10.7. The molecule has 1 heterocycles. The van der Waals surface area contributed by atoms with Crippen molar-refractivity contribution < 1.29 is 9.50 Å². The monoisotopic (exact) mass is 269 g/mol. The average Bonchev–Trinajstić information content (AvgIpc) is 2.34. The molecule has 0 atom stereocenters. The molecule has 0 aromatic heterocycles. The van der Waals surface area contributed by atoms with Crippen LogP contribution in [0.3, 0.4) is 0 Å². The van der Waals surface area contributed by atoms with Crippen LogP contribution in [0.5, 0.6) is 0 Å². The van der Waals surface area contributed by atoms with Gasteiger partial charge in [0.25, 0.3) is 0 Å². The molecule has 0 aliphatic carbocycles. The highest BCUT2D eigenvalue weighted by Gasteiger charge is 2.26. The zero-order valence-corrected chi connectivity index (χ0v) is 11.5. The molecule has 4 heteroatoms. The predicted octanol–water partition coefficient (Wildman–Crippen LogP) is 2.76. The van der Waals surface area contributed by atoms with E-state index in [2.05, 4.69) is 4.90 Å². The lowest BCUT2D eigenvalue weighted by atomic mass is 9.94. The molecule has 1 N–H and O–H groups in total. The topological polar surface area (TPSA) is 23.5 Å². The van der Waals surface area contributed by atoms with Gasteiger partial charge in [0, 0.05) is 30.3 Å². The van der Waals surface area contributed by atoms with Crippen LogP contribution in [0.25, 0.3) is 0 Å². The normalized spacial score (nSPS) is 19.9. The number of piperidine rings is 1. The van der Waals surface area contributed by atoms with Gasteiger partial charge in [0.05, 0.1) is 5.60 Å². The summed E-state index contributed by atoms with van der Waals surface area (Å²) in [5.41, 5.74) is -0.491. The fourth-order valence-corrected chi connectivity index (χ4v) is 3.05. The quantitative estimate of drug-likeness (QED) is 0.850. The van der Waals surface area contributed by atoms with Crippen molar-refractivity contribution in [3.63, 3.8) is 0 Å². The third-order valence-corrected chi connectivity index (χ3v) is 4.46. The summed E-state index contributed by atoms with van der Waals surface area (Å²) in [6.07, 6.45) is 1.66. The molecule has 1 aliphatic heterocycles. The molecular formula is C14H20FNOS. The van der Waals surface area contributed by atoms with Crippen LogP contribution in [0.2, 0.25) is 0 Å². The summed E-state index contributed by atoms with van der Waals surface area (Å²) >= 11 is 1.56. The Balaban J connectivity index is 1.72. The number of thioether (sulfide) groups is 1. The van der Waals surface area contributed by atoms with Crippen LogP contribution >= 0.6 is 11.8 Å². The Morgan fingerprint density at radius 2 is 2.00 bits per heavy atom. The lowest BCUT2D eigenvalue weighted by molar-refractivity contribution is -0.00365. The maximum absolute atomic E-state index is 13.4. The van der Waals surface area contributed by atoms with E-state index in [1.54, 1.807) is 17.8 Å². The molecule has 0 radical (unpaired) electrons. The minimum atomic E-state index is -0.491. The van der Waals surface area contributed by atoms with Crippen LogP contribution in [0.15, 0.2) is 29.2 Å². The second-order valence-corrected chi connectivity index (χ2v) is 6.25. The Hall–Kier alpha value is -0.580.